The molecule has 23 heavy (non-hydrogen) atoms. The molecule has 11 heteroatoms. The van der Waals surface area contributed by atoms with Gasteiger partial charge in [-0.1, -0.05) is 19.8 Å². The topological polar surface area (TPSA) is 156 Å². The predicted molar refractivity (Wildman–Crippen MR) is 74.8 cm³/mol. The average molecular weight is 333 g/mol. The molecule has 130 valence electrons. The van der Waals surface area contributed by atoms with E-state index in [-0.39, 0.29) is 12.9 Å². The van der Waals surface area contributed by atoms with Gasteiger partial charge in [-0.15, -0.1) is 4.99 Å². The number of carbonyl (C=O) groups is 4. The van der Waals surface area contributed by atoms with Crippen LogP contribution >= 0.6 is 0 Å². The van der Waals surface area contributed by atoms with Crippen LogP contribution in [0.1, 0.15) is 32.6 Å². The molecule has 0 atom stereocenters. The molecule has 0 aliphatic rings. The summed E-state index contributed by atoms with van der Waals surface area (Å²) in [6.45, 7) is 0.828. The standard InChI is InChI=1S/C12H19N3O8/c1-2-3-4-5-9(17)21-8-23-12(19)15-10(13)14-11(18)22-7-20-6-16/h6H,2-5,7-8H2,1H3,(H3,13,14,15,18,19). The zero-order valence-electron chi connectivity index (χ0n) is 12.6. The lowest BCUT2D eigenvalue weighted by Crippen LogP contribution is -2.38. The molecule has 0 bridgehead atoms. The van der Waals surface area contributed by atoms with Crippen molar-refractivity contribution >= 4 is 30.6 Å². The first kappa shape index (κ1) is 20.1. The summed E-state index contributed by atoms with van der Waals surface area (Å²) in [7, 11) is 0. The van der Waals surface area contributed by atoms with Crippen LogP contribution in [0.4, 0.5) is 9.59 Å². The monoisotopic (exact) mass is 333 g/mol. The van der Waals surface area contributed by atoms with E-state index in [1.165, 1.54) is 0 Å². The average Bonchev–Trinajstić information content (AvgIpc) is 2.47. The highest BCUT2D eigenvalue weighted by Crippen LogP contribution is 2.00. The summed E-state index contributed by atoms with van der Waals surface area (Å²) in [6.07, 6.45) is 0.525. The van der Waals surface area contributed by atoms with Gasteiger partial charge in [-0.05, 0) is 6.42 Å². The van der Waals surface area contributed by atoms with Gasteiger partial charge in [-0.3, -0.25) is 14.9 Å². The van der Waals surface area contributed by atoms with E-state index in [1.807, 2.05) is 12.2 Å². The molecular formula is C12H19N3O8. The molecule has 0 unspecified atom stereocenters. The van der Waals surface area contributed by atoms with Gasteiger partial charge in [0.15, 0.2) is 0 Å². The fraction of sp³-hybridized carbons (Fsp3) is 0.583. The van der Waals surface area contributed by atoms with E-state index < -0.39 is 37.7 Å². The van der Waals surface area contributed by atoms with Crippen molar-refractivity contribution in [3.8, 4) is 0 Å². The molecule has 0 aromatic rings. The van der Waals surface area contributed by atoms with Crippen LogP contribution in [0.15, 0.2) is 4.99 Å². The largest absolute Gasteiger partial charge is 0.439 e. The maximum Gasteiger partial charge on any atom is 0.439 e. The molecule has 0 heterocycles. The molecule has 0 aromatic heterocycles. The van der Waals surface area contributed by atoms with Crippen molar-refractivity contribution in [1.29, 1.82) is 0 Å². The molecule has 0 saturated heterocycles. The van der Waals surface area contributed by atoms with E-state index in [0.29, 0.717) is 6.42 Å². The van der Waals surface area contributed by atoms with Gasteiger partial charge in [0, 0.05) is 6.42 Å². The minimum atomic E-state index is -1.19. The molecule has 0 spiro atoms. The molecule has 0 saturated carbocycles. The van der Waals surface area contributed by atoms with Crippen LogP contribution in [0.5, 0.6) is 0 Å². The zero-order chi connectivity index (χ0) is 17.5. The van der Waals surface area contributed by atoms with Gasteiger partial charge >= 0.3 is 18.2 Å². The molecule has 0 fully saturated rings. The van der Waals surface area contributed by atoms with E-state index in [9.17, 15) is 19.2 Å². The summed E-state index contributed by atoms with van der Waals surface area (Å²) in [5.74, 6) is -1.10. The molecule has 0 aliphatic carbocycles. The van der Waals surface area contributed by atoms with E-state index in [2.05, 4.69) is 23.9 Å². The molecule has 11 nitrogen and oxygen atoms in total. The van der Waals surface area contributed by atoms with Gasteiger partial charge in [0.25, 0.3) is 6.47 Å². The van der Waals surface area contributed by atoms with Crippen molar-refractivity contribution < 1.29 is 38.1 Å². The van der Waals surface area contributed by atoms with E-state index in [1.54, 1.807) is 0 Å². The highest BCUT2D eigenvalue weighted by atomic mass is 16.7. The maximum absolute atomic E-state index is 11.2. The highest BCUT2D eigenvalue weighted by Gasteiger charge is 2.09. The lowest BCUT2D eigenvalue weighted by molar-refractivity contribution is -0.151. The summed E-state index contributed by atoms with van der Waals surface area (Å²) in [5, 5.41) is 1.89. The Hall–Kier alpha value is -2.85. The second-order valence-electron chi connectivity index (χ2n) is 3.94. The Morgan fingerprint density at radius 3 is 2.52 bits per heavy atom. The number of aliphatic imine (C=N–C) groups is 1. The van der Waals surface area contributed by atoms with E-state index in [4.69, 9.17) is 5.73 Å². The van der Waals surface area contributed by atoms with Crippen LogP contribution in [0, 0.1) is 0 Å². The number of carbonyl (C=O) groups excluding carboxylic acids is 4. The molecule has 0 radical (unpaired) electrons. The number of alkyl carbamates (subject to hydrolysis) is 1. The number of hydrogen-bond donors (Lipinski definition) is 2. The first-order chi connectivity index (χ1) is 11.0. The minimum absolute atomic E-state index is 0.0690. The number of nitrogens with zero attached hydrogens (tertiary/aromatic N) is 1. The first-order valence-corrected chi connectivity index (χ1v) is 6.65. The zero-order valence-corrected chi connectivity index (χ0v) is 12.6. The van der Waals surface area contributed by atoms with Crippen molar-refractivity contribution in [2.24, 2.45) is 10.7 Å². The number of amides is 2. The van der Waals surface area contributed by atoms with Gasteiger partial charge in [0.1, 0.15) is 0 Å². The summed E-state index contributed by atoms with van der Waals surface area (Å²) in [5.41, 5.74) is 5.21. The third-order valence-electron chi connectivity index (χ3n) is 2.15. The number of nitrogens with two attached hydrogens (primary N) is 1. The number of unbranched alkanes of at least 4 members (excludes halogenated alkanes) is 2. The van der Waals surface area contributed by atoms with Crippen LogP contribution in [0.25, 0.3) is 0 Å². The summed E-state index contributed by atoms with van der Waals surface area (Å²) in [4.78, 5) is 46.3. The Kier molecular flexibility index (Phi) is 11.3. The van der Waals surface area contributed by atoms with Crippen molar-refractivity contribution in [1.82, 2.24) is 5.32 Å². The predicted octanol–water partition coefficient (Wildman–Crippen LogP) is 0.375. The van der Waals surface area contributed by atoms with Gasteiger partial charge < -0.3 is 24.7 Å². The van der Waals surface area contributed by atoms with E-state index in [0.717, 1.165) is 12.8 Å². The summed E-state index contributed by atoms with van der Waals surface area (Å²) in [6, 6.07) is 0. The molecule has 0 rings (SSSR count). The molecule has 2 amide bonds. The normalized spacial score (nSPS) is 10.4. The molecule has 0 aliphatic heterocycles. The highest BCUT2D eigenvalue weighted by molar-refractivity contribution is 5.97. The summed E-state index contributed by atoms with van der Waals surface area (Å²) >= 11 is 0. The fourth-order valence-electron chi connectivity index (χ4n) is 1.15. The van der Waals surface area contributed by atoms with Gasteiger partial charge in [-0.25, -0.2) is 9.59 Å². The number of rotatable bonds is 9. The van der Waals surface area contributed by atoms with Gasteiger partial charge in [0.05, 0.1) is 0 Å². The molecular weight excluding hydrogens is 314 g/mol. The quantitative estimate of drug-likeness (QED) is 0.152. The first-order valence-electron chi connectivity index (χ1n) is 6.65. The van der Waals surface area contributed by atoms with Crippen LogP contribution in [0.2, 0.25) is 0 Å². The Morgan fingerprint density at radius 2 is 1.87 bits per heavy atom. The second-order valence-corrected chi connectivity index (χ2v) is 3.94. The third kappa shape index (κ3) is 12.6. The van der Waals surface area contributed by atoms with Crippen molar-refractivity contribution in [2.45, 2.75) is 32.6 Å². The van der Waals surface area contributed by atoms with Crippen LogP contribution in [-0.2, 0) is 28.5 Å². The van der Waals surface area contributed by atoms with Crippen LogP contribution < -0.4 is 11.1 Å². The Morgan fingerprint density at radius 1 is 1.13 bits per heavy atom. The minimum Gasteiger partial charge on any atom is -0.430 e. The lowest BCUT2D eigenvalue weighted by atomic mass is 10.2. The second kappa shape index (κ2) is 12.9. The number of nitrogens with one attached hydrogen (secondary N) is 1. The van der Waals surface area contributed by atoms with Crippen molar-refractivity contribution in [3.05, 3.63) is 0 Å². The maximum atomic E-state index is 11.2. The molecule has 3 N–H and O–H groups in total. The smallest absolute Gasteiger partial charge is 0.430 e. The van der Waals surface area contributed by atoms with Crippen LogP contribution in [0.3, 0.4) is 0 Å². The van der Waals surface area contributed by atoms with Crippen LogP contribution in [-0.4, -0.2) is 44.2 Å². The number of ether oxygens (including phenoxy) is 4. The SMILES string of the molecule is CCCCCC(=O)OCOC(=O)N/C(N)=N/C(=O)OCOC=O. The summed E-state index contributed by atoms with van der Waals surface area (Å²) < 4.78 is 17.5. The number of guanidine groups is 1. The molecule has 0 aromatic carbocycles. The van der Waals surface area contributed by atoms with E-state index >= 15 is 0 Å². The van der Waals surface area contributed by atoms with Crippen molar-refractivity contribution in [3.63, 3.8) is 0 Å². The Labute approximate surface area is 132 Å². The Bertz CT molecular complexity index is 438. The lowest BCUT2D eigenvalue weighted by Gasteiger charge is -2.07. The number of esters is 1. The van der Waals surface area contributed by atoms with Gasteiger partial charge in [0.2, 0.25) is 19.5 Å². The fourth-order valence-corrected chi connectivity index (χ4v) is 1.15. The van der Waals surface area contributed by atoms with Crippen molar-refractivity contribution in [2.75, 3.05) is 13.6 Å². The third-order valence-corrected chi connectivity index (χ3v) is 2.15. The Balaban J connectivity index is 3.89. The van der Waals surface area contributed by atoms with Gasteiger partial charge in [-0.2, -0.15) is 0 Å². The number of hydrogen-bond acceptors (Lipinski definition) is 8.